The highest BCUT2D eigenvalue weighted by Crippen LogP contribution is 2.41. The number of fused-ring (bicyclic) bond motifs is 1. The second kappa shape index (κ2) is 3.94. The Morgan fingerprint density at radius 1 is 1.22 bits per heavy atom. The summed E-state index contributed by atoms with van der Waals surface area (Å²) in [6.07, 6.45) is -3.79. The van der Waals surface area contributed by atoms with Gasteiger partial charge in [-0.15, -0.1) is 0 Å². The van der Waals surface area contributed by atoms with Gasteiger partial charge in [-0.3, -0.25) is 0 Å². The number of aldehydes is 1. The molecule has 1 aromatic rings. The monoisotopic (exact) mass is 276 g/mol. The van der Waals surface area contributed by atoms with Crippen LogP contribution in [0.2, 0.25) is 0 Å². The first-order chi connectivity index (χ1) is 8.28. The standard InChI is InChI=1S/C11H7F3O3S/c12-11(13,14)9-2-1-3-10-8(9)6-7(4-5-15)18(10,16)17/h1-3,5-6H,4H2. The van der Waals surface area contributed by atoms with Crippen molar-refractivity contribution in [3.8, 4) is 0 Å². The maximum absolute atomic E-state index is 12.7. The first kappa shape index (κ1) is 12.8. The SMILES string of the molecule is O=CCC1=Cc2c(C(F)(F)F)cccc2S1(=O)=O. The van der Waals surface area contributed by atoms with Crippen molar-refractivity contribution in [2.45, 2.75) is 17.5 Å². The van der Waals surface area contributed by atoms with Gasteiger partial charge in [-0.1, -0.05) is 6.07 Å². The van der Waals surface area contributed by atoms with E-state index < -0.39 is 32.9 Å². The summed E-state index contributed by atoms with van der Waals surface area (Å²) >= 11 is 0. The van der Waals surface area contributed by atoms with E-state index in [9.17, 15) is 26.4 Å². The molecule has 3 nitrogen and oxygen atoms in total. The third-order valence-corrected chi connectivity index (χ3v) is 4.51. The Kier molecular flexibility index (Phi) is 2.81. The second-order valence-electron chi connectivity index (χ2n) is 3.70. The van der Waals surface area contributed by atoms with Crippen molar-refractivity contribution in [1.82, 2.24) is 0 Å². The van der Waals surface area contributed by atoms with E-state index in [1.54, 1.807) is 0 Å². The van der Waals surface area contributed by atoms with E-state index in [1.807, 2.05) is 0 Å². The zero-order valence-electron chi connectivity index (χ0n) is 8.86. The molecule has 0 N–H and O–H groups in total. The Morgan fingerprint density at radius 2 is 1.89 bits per heavy atom. The van der Waals surface area contributed by atoms with Gasteiger partial charge in [0.05, 0.1) is 15.4 Å². The molecule has 0 fully saturated rings. The van der Waals surface area contributed by atoms with Gasteiger partial charge in [0, 0.05) is 12.0 Å². The Bertz CT molecular complexity index is 642. The number of hydrogen-bond donors (Lipinski definition) is 0. The number of carbonyl (C=O) groups is 1. The molecule has 0 unspecified atom stereocenters. The molecule has 0 bridgehead atoms. The average Bonchev–Trinajstić information content (AvgIpc) is 2.50. The van der Waals surface area contributed by atoms with E-state index in [0.29, 0.717) is 6.29 Å². The molecule has 1 heterocycles. The van der Waals surface area contributed by atoms with Crippen LogP contribution in [0.4, 0.5) is 13.2 Å². The summed E-state index contributed by atoms with van der Waals surface area (Å²) in [6.45, 7) is 0. The Labute approximate surface area is 101 Å². The molecule has 1 aliphatic rings. The summed E-state index contributed by atoms with van der Waals surface area (Å²) in [5, 5.41) is 0. The van der Waals surface area contributed by atoms with Gasteiger partial charge in [0.15, 0.2) is 0 Å². The lowest BCUT2D eigenvalue weighted by Gasteiger charge is -2.10. The number of carbonyl (C=O) groups excluding carboxylic acids is 1. The van der Waals surface area contributed by atoms with Crippen LogP contribution in [0, 0.1) is 0 Å². The molecule has 1 aliphatic heterocycles. The van der Waals surface area contributed by atoms with Crippen LogP contribution in [-0.4, -0.2) is 14.7 Å². The number of benzene rings is 1. The first-order valence-corrected chi connectivity index (χ1v) is 6.36. The molecule has 1 aromatic carbocycles. The molecule has 96 valence electrons. The van der Waals surface area contributed by atoms with Gasteiger partial charge in [0.25, 0.3) is 0 Å². The van der Waals surface area contributed by atoms with Crippen LogP contribution in [0.25, 0.3) is 6.08 Å². The maximum atomic E-state index is 12.7. The maximum Gasteiger partial charge on any atom is 0.417 e. The summed E-state index contributed by atoms with van der Waals surface area (Å²) in [7, 11) is -3.96. The fraction of sp³-hybridized carbons (Fsp3) is 0.182. The van der Waals surface area contributed by atoms with Crippen LogP contribution in [0.3, 0.4) is 0 Å². The van der Waals surface area contributed by atoms with Crippen molar-refractivity contribution < 1.29 is 26.4 Å². The number of sulfone groups is 1. The van der Waals surface area contributed by atoms with Crippen LogP contribution in [0.15, 0.2) is 28.0 Å². The summed E-state index contributed by atoms with van der Waals surface area (Å²) in [6, 6.07) is 2.96. The minimum atomic E-state index is -4.63. The van der Waals surface area contributed by atoms with E-state index in [2.05, 4.69) is 0 Å². The smallest absolute Gasteiger partial charge is 0.303 e. The summed E-state index contributed by atoms with van der Waals surface area (Å²) in [5.41, 5.74) is -1.40. The lowest BCUT2D eigenvalue weighted by atomic mass is 10.1. The molecule has 0 spiro atoms. The normalized spacial score (nSPS) is 17.2. The van der Waals surface area contributed by atoms with Crippen molar-refractivity contribution in [2.24, 2.45) is 0 Å². The number of allylic oxidation sites excluding steroid dienone is 1. The molecule has 0 saturated heterocycles. The molecular formula is C11H7F3O3S. The third-order valence-electron chi connectivity index (χ3n) is 2.60. The van der Waals surface area contributed by atoms with Crippen molar-refractivity contribution in [1.29, 1.82) is 0 Å². The van der Waals surface area contributed by atoms with E-state index in [4.69, 9.17) is 0 Å². The predicted octanol–water partition coefficient (Wildman–Crippen LogP) is 2.42. The minimum absolute atomic E-state index is 0.302. The molecule has 18 heavy (non-hydrogen) atoms. The largest absolute Gasteiger partial charge is 0.417 e. The van der Waals surface area contributed by atoms with Gasteiger partial charge in [0.1, 0.15) is 6.29 Å². The van der Waals surface area contributed by atoms with Gasteiger partial charge >= 0.3 is 6.18 Å². The number of alkyl halides is 3. The Hall–Kier alpha value is -1.63. The van der Waals surface area contributed by atoms with Crippen LogP contribution in [0.1, 0.15) is 17.5 Å². The number of rotatable bonds is 2. The second-order valence-corrected chi connectivity index (χ2v) is 5.67. The zero-order valence-corrected chi connectivity index (χ0v) is 9.68. The van der Waals surface area contributed by atoms with Crippen LogP contribution >= 0.6 is 0 Å². The van der Waals surface area contributed by atoms with Crippen molar-refractivity contribution in [3.63, 3.8) is 0 Å². The quantitative estimate of drug-likeness (QED) is 0.779. The lowest BCUT2D eigenvalue weighted by Crippen LogP contribution is -2.08. The topological polar surface area (TPSA) is 51.2 Å². The lowest BCUT2D eigenvalue weighted by molar-refractivity contribution is -0.137. The number of hydrogen-bond acceptors (Lipinski definition) is 3. The van der Waals surface area contributed by atoms with Gasteiger partial charge in [0.2, 0.25) is 9.84 Å². The fourth-order valence-electron chi connectivity index (χ4n) is 1.80. The van der Waals surface area contributed by atoms with Gasteiger partial charge < -0.3 is 4.79 Å². The molecule has 0 atom stereocenters. The molecule has 0 amide bonds. The molecule has 2 rings (SSSR count). The average molecular weight is 276 g/mol. The van der Waals surface area contributed by atoms with Gasteiger partial charge in [-0.25, -0.2) is 8.42 Å². The summed E-state index contributed by atoms with van der Waals surface area (Å²) in [4.78, 5) is 9.66. The van der Waals surface area contributed by atoms with Crippen molar-refractivity contribution >= 4 is 22.2 Å². The van der Waals surface area contributed by atoms with Crippen LogP contribution < -0.4 is 0 Å². The van der Waals surface area contributed by atoms with E-state index in [-0.39, 0.29) is 10.5 Å². The first-order valence-electron chi connectivity index (χ1n) is 4.88. The molecule has 7 heteroatoms. The van der Waals surface area contributed by atoms with E-state index >= 15 is 0 Å². The van der Waals surface area contributed by atoms with Gasteiger partial charge in [-0.2, -0.15) is 13.2 Å². The Balaban J connectivity index is 2.72. The summed E-state index contributed by atoms with van der Waals surface area (Å²) < 4.78 is 61.9. The molecule has 0 aliphatic carbocycles. The van der Waals surface area contributed by atoms with Crippen molar-refractivity contribution in [3.05, 3.63) is 34.2 Å². The third kappa shape index (κ3) is 1.84. The highest BCUT2D eigenvalue weighted by Gasteiger charge is 2.39. The van der Waals surface area contributed by atoms with Gasteiger partial charge in [-0.05, 0) is 18.2 Å². The van der Waals surface area contributed by atoms with E-state index in [1.165, 1.54) is 0 Å². The zero-order chi connectivity index (χ0) is 13.6. The molecule has 0 radical (unpaired) electrons. The van der Waals surface area contributed by atoms with Crippen LogP contribution in [0.5, 0.6) is 0 Å². The Morgan fingerprint density at radius 3 is 2.44 bits per heavy atom. The fourth-order valence-corrected chi connectivity index (χ4v) is 3.36. The number of halogens is 3. The molecule has 0 aromatic heterocycles. The van der Waals surface area contributed by atoms with E-state index in [0.717, 1.165) is 24.3 Å². The molecule has 0 saturated carbocycles. The summed E-state index contributed by atoms with van der Waals surface area (Å²) in [5.74, 6) is 0. The molecular weight excluding hydrogens is 269 g/mol. The highest BCUT2D eigenvalue weighted by atomic mass is 32.2. The van der Waals surface area contributed by atoms with Crippen LogP contribution in [-0.2, 0) is 20.8 Å². The highest BCUT2D eigenvalue weighted by molar-refractivity contribution is 7.95. The van der Waals surface area contributed by atoms with Crippen molar-refractivity contribution in [2.75, 3.05) is 0 Å². The minimum Gasteiger partial charge on any atom is -0.303 e. The predicted molar refractivity (Wildman–Crippen MR) is 57.3 cm³/mol.